The molecule has 3 aromatic rings. The van der Waals surface area contributed by atoms with Crippen molar-refractivity contribution >= 4 is 22.6 Å². The number of nitrogen functional groups attached to an aromatic ring is 1. The number of nitrogens with two attached hydrogens (primary N) is 1. The van der Waals surface area contributed by atoms with Crippen LogP contribution in [0.4, 0.5) is 5.95 Å². The van der Waals surface area contributed by atoms with Crippen LogP contribution in [0.15, 0.2) is 30.3 Å². The van der Waals surface area contributed by atoms with Crippen molar-refractivity contribution in [3.63, 3.8) is 0 Å². The first-order chi connectivity index (χ1) is 12.0. The number of carbonyl (C=O) groups is 1. The van der Waals surface area contributed by atoms with Crippen LogP contribution in [0, 0.1) is 13.8 Å². The van der Waals surface area contributed by atoms with Gasteiger partial charge in [-0.05, 0) is 38.0 Å². The molecule has 2 aromatic heterocycles. The normalized spacial score (nSPS) is 10.8. The zero-order valence-corrected chi connectivity index (χ0v) is 14.5. The number of methoxy groups -OCH3 is 1. The lowest BCUT2D eigenvalue weighted by atomic mass is 10.0. The summed E-state index contributed by atoms with van der Waals surface area (Å²) in [5, 5.41) is 0.646. The summed E-state index contributed by atoms with van der Waals surface area (Å²) < 4.78 is 5.31. The van der Waals surface area contributed by atoms with Gasteiger partial charge in [0.05, 0.1) is 7.11 Å². The molecule has 0 aliphatic heterocycles. The Balaban J connectivity index is 1.93. The molecule has 2 N–H and O–H groups in total. The number of ether oxygens (including phenoxy) is 1. The van der Waals surface area contributed by atoms with Gasteiger partial charge >= 0.3 is 0 Å². The number of hydrogen-bond donors (Lipinski definition) is 1. The van der Waals surface area contributed by atoms with Crippen molar-refractivity contribution in [1.82, 2.24) is 15.0 Å². The van der Waals surface area contributed by atoms with Gasteiger partial charge in [0.2, 0.25) is 5.95 Å². The monoisotopic (exact) mass is 336 g/mol. The van der Waals surface area contributed by atoms with Gasteiger partial charge in [0, 0.05) is 23.2 Å². The largest absolute Gasteiger partial charge is 0.494 e. The number of pyridine rings is 1. The van der Waals surface area contributed by atoms with Gasteiger partial charge in [-0.2, -0.15) is 0 Å². The van der Waals surface area contributed by atoms with Crippen LogP contribution >= 0.6 is 0 Å². The van der Waals surface area contributed by atoms with Crippen molar-refractivity contribution in [1.29, 1.82) is 0 Å². The molecule has 25 heavy (non-hydrogen) atoms. The number of aryl methyl sites for hydroxylation is 3. The summed E-state index contributed by atoms with van der Waals surface area (Å²) in [5.74, 6) is 0.539. The lowest BCUT2D eigenvalue weighted by Gasteiger charge is -2.09. The molecule has 0 radical (unpaired) electrons. The second kappa shape index (κ2) is 6.84. The number of benzene rings is 1. The first kappa shape index (κ1) is 16.8. The average Bonchev–Trinajstić information content (AvgIpc) is 2.61. The first-order valence-electron chi connectivity index (χ1n) is 8.06. The summed E-state index contributed by atoms with van der Waals surface area (Å²) in [7, 11) is 1.56. The zero-order valence-electron chi connectivity index (χ0n) is 14.5. The Morgan fingerprint density at radius 3 is 2.68 bits per heavy atom. The Morgan fingerprint density at radius 2 is 1.92 bits per heavy atom. The maximum Gasteiger partial charge on any atom is 0.221 e. The van der Waals surface area contributed by atoms with Gasteiger partial charge in [0.15, 0.2) is 5.78 Å². The van der Waals surface area contributed by atoms with Crippen LogP contribution in [-0.4, -0.2) is 27.8 Å². The Labute approximate surface area is 146 Å². The summed E-state index contributed by atoms with van der Waals surface area (Å²) in [5.41, 5.74) is 9.61. The zero-order chi connectivity index (χ0) is 18.0. The highest BCUT2D eigenvalue weighted by molar-refractivity contribution is 6.07. The number of para-hydroxylation sites is 1. The molecule has 3 rings (SSSR count). The van der Waals surface area contributed by atoms with Gasteiger partial charge in [-0.3, -0.25) is 9.78 Å². The van der Waals surface area contributed by atoms with Crippen LogP contribution in [0.3, 0.4) is 0 Å². The maximum atomic E-state index is 12.8. The molecule has 0 atom stereocenters. The van der Waals surface area contributed by atoms with Crippen molar-refractivity contribution < 1.29 is 9.53 Å². The van der Waals surface area contributed by atoms with Gasteiger partial charge in [-0.15, -0.1) is 0 Å². The van der Waals surface area contributed by atoms with E-state index >= 15 is 0 Å². The minimum atomic E-state index is -0.0879. The Kier molecular flexibility index (Phi) is 4.61. The molecule has 1 aromatic carbocycles. The molecule has 0 saturated carbocycles. The van der Waals surface area contributed by atoms with Crippen LogP contribution in [0.2, 0.25) is 0 Å². The molecule has 128 valence electrons. The van der Waals surface area contributed by atoms with Gasteiger partial charge in [0.25, 0.3) is 0 Å². The quantitative estimate of drug-likeness (QED) is 0.720. The van der Waals surface area contributed by atoms with Gasteiger partial charge in [0.1, 0.15) is 17.0 Å². The number of rotatable bonds is 5. The summed E-state index contributed by atoms with van der Waals surface area (Å²) in [6, 6.07) is 9.38. The van der Waals surface area contributed by atoms with Crippen LogP contribution in [0.1, 0.15) is 33.9 Å². The molecule has 6 nitrogen and oxygen atoms in total. The number of nitrogens with zero attached hydrogens (tertiary/aromatic N) is 3. The third kappa shape index (κ3) is 3.42. The molecule has 2 heterocycles. The third-order valence-electron chi connectivity index (χ3n) is 4.12. The molecule has 0 saturated heterocycles. The predicted molar refractivity (Wildman–Crippen MR) is 96.9 cm³/mol. The molecule has 0 amide bonds. The second-order valence-electron chi connectivity index (χ2n) is 5.93. The number of aromatic nitrogens is 3. The van der Waals surface area contributed by atoms with E-state index in [4.69, 9.17) is 10.5 Å². The molecule has 0 aliphatic rings. The van der Waals surface area contributed by atoms with E-state index in [0.717, 1.165) is 17.0 Å². The van der Waals surface area contributed by atoms with E-state index in [9.17, 15) is 4.79 Å². The Hall–Kier alpha value is -3.02. The first-order valence-corrected chi connectivity index (χ1v) is 8.06. The molecule has 0 spiro atoms. The van der Waals surface area contributed by atoms with Crippen LogP contribution < -0.4 is 10.5 Å². The van der Waals surface area contributed by atoms with Crippen molar-refractivity contribution in [2.75, 3.05) is 12.8 Å². The van der Waals surface area contributed by atoms with Crippen LogP contribution in [-0.2, 0) is 6.42 Å². The van der Waals surface area contributed by atoms with Gasteiger partial charge in [-0.1, -0.05) is 18.2 Å². The van der Waals surface area contributed by atoms with E-state index in [1.807, 2.05) is 32.0 Å². The maximum absolute atomic E-state index is 12.8. The number of hydrogen-bond acceptors (Lipinski definition) is 6. The fourth-order valence-corrected chi connectivity index (χ4v) is 2.80. The number of fused-ring (bicyclic) bond motifs is 1. The Morgan fingerprint density at radius 1 is 1.12 bits per heavy atom. The lowest BCUT2D eigenvalue weighted by Crippen LogP contribution is -2.10. The van der Waals surface area contributed by atoms with Crippen LogP contribution in [0.25, 0.3) is 10.9 Å². The van der Waals surface area contributed by atoms with E-state index in [1.165, 1.54) is 0 Å². The van der Waals surface area contributed by atoms with E-state index in [2.05, 4.69) is 15.0 Å². The third-order valence-corrected chi connectivity index (χ3v) is 4.12. The summed E-state index contributed by atoms with van der Waals surface area (Å²) in [6.07, 6.45) is 0.863. The summed E-state index contributed by atoms with van der Waals surface area (Å²) in [4.78, 5) is 25.7. The molecule has 0 bridgehead atoms. The van der Waals surface area contributed by atoms with Crippen molar-refractivity contribution in [2.24, 2.45) is 0 Å². The standard InChI is InChI=1S/C19H20N4O2/c1-11-7-8-12(2)21-14(11)9-10-15(24)17-13-5-4-6-16(25-3)18(13)23-19(20)22-17/h4-8H,9-10H2,1-3H3,(H2,20,22,23). The smallest absolute Gasteiger partial charge is 0.221 e. The van der Waals surface area contributed by atoms with E-state index in [0.29, 0.717) is 35.2 Å². The average molecular weight is 336 g/mol. The minimum absolute atomic E-state index is 0.0604. The number of ketones is 1. The number of carbonyl (C=O) groups excluding carboxylic acids is 1. The highest BCUT2D eigenvalue weighted by atomic mass is 16.5. The van der Waals surface area contributed by atoms with Crippen molar-refractivity contribution in [3.05, 3.63) is 53.0 Å². The van der Waals surface area contributed by atoms with E-state index in [-0.39, 0.29) is 11.7 Å². The van der Waals surface area contributed by atoms with E-state index < -0.39 is 0 Å². The minimum Gasteiger partial charge on any atom is -0.494 e. The highest BCUT2D eigenvalue weighted by Crippen LogP contribution is 2.27. The predicted octanol–water partition coefficient (Wildman–Crippen LogP) is 3.05. The topological polar surface area (TPSA) is 91.0 Å². The molecular formula is C19H20N4O2. The summed E-state index contributed by atoms with van der Waals surface area (Å²) in [6.45, 7) is 3.94. The van der Waals surface area contributed by atoms with Gasteiger partial charge < -0.3 is 10.5 Å². The molecular weight excluding hydrogens is 316 g/mol. The fraction of sp³-hybridized carbons (Fsp3) is 0.263. The molecule has 0 fully saturated rings. The Bertz CT molecular complexity index is 954. The number of Topliss-reactive ketones (excluding diaryl/α,β-unsaturated/α-hetero) is 1. The van der Waals surface area contributed by atoms with Crippen molar-refractivity contribution in [3.8, 4) is 5.75 Å². The second-order valence-corrected chi connectivity index (χ2v) is 5.93. The molecule has 0 unspecified atom stereocenters. The van der Waals surface area contributed by atoms with Crippen LogP contribution in [0.5, 0.6) is 5.75 Å². The van der Waals surface area contributed by atoms with Gasteiger partial charge in [-0.25, -0.2) is 9.97 Å². The summed E-state index contributed by atoms with van der Waals surface area (Å²) >= 11 is 0. The van der Waals surface area contributed by atoms with Crippen molar-refractivity contribution in [2.45, 2.75) is 26.7 Å². The highest BCUT2D eigenvalue weighted by Gasteiger charge is 2.17. The molecule has 0 aliphatic carbocycles. The SMILES string of the molecule is COc1cccc2c(C(=O)CCc3nc(C)ccc3C)nc(N)nc12. The lowest BCUT2D eigenvalue weighted by molar-refractivity contribution is 0.0979. The molecule has 6 heteroatoms. The number of anilines is 1. The fourth-order valence-electron chi connectivity index (χ4n) is 2.80. The van der Waals surface area contributed by atoms with E-state index in [1.54, 1.807) is 19.2 Å².